The number of imidazole rings is 1. The second-order valence-corrected chi connectivity index (χ2v) is 7.60. The number of aromatic amines is 2. The number of hydrogen-bond donors (Lipinski definition) is 2. The number of H-pyrrole nitrogens is 2. The fraction of sp³-hybridized carbons (Fsp3) is 0.130. The Labute approximate surface area is 182 Å². The maximum Gasteiger partial charge on any atom is 0.161 e. The number of pyridine rings is 1. The molecule has 3 aromatic heterocycles. The van der Waals surface area contributed by atoms with Gasteiger partial charge in [-0.25, -0.2) is 14.4 Å². The molecule has 6 nitrogen and oxygen atoms in total. The molecule has 0 unspecified atom stereocenters. The molecule has 0 aliphatic rings. The number of nitrogens with zero attached hydrogens (tertiary/aromatic N) is 2. The normalized spacial score (nSPS) is 11.3. The van der Waals surface area contributed by atoms with E-state index in [1.807, 2.05) is 30.5 Å². The zero-order valence-electron chi connectivity index (χ0n) is 16.6. The van der Waals surface area contributed by atoms with E-state index in [1.165, 1.54) is 12.1 Å². The highest BCUT2D eigenvalue weighted by atomic mass is 35.5. The van der Waals surface area contributed by atoms with Gasteiger partial charge in [-0.3, -0.25) is 0 Å². The third kappa shape index (κ3) is 3.92. The molecule has 156 valence electrons. The minimum Gasteiger partial charge on any atom is -0.493 e. The van der Waals surface area contributed by atoms with Crippen molar-refractivity contribution in [3.05, 3.63) is 82.6 Å². The minimum atomic E-state index is -0.311. The highest BCUT2D eigenvalue weighted by Crippen LogP contribution is 2.31. The van der Waals surface area contributed by atoms with E-state index in [-0.39, 0.29) is 12.4 Å². The highest BCUT2D eigenvalue weighted by Gasteiger charge is 2.11. The van der Waals surface area contributed by atoms with Crippen molar-refractivity contribution < 1.29 is 13.9 Å². The Hall–Kier alpha value is -3.58. The predicted octanol–water partition coefficient (Wildman–Crippen LogP) is 5.41. The molecule has 0 saturated heterocycles. The largest absolute Gasteiger partial charge is 0.493 e. The van der Waals surface area contributed by atoms with Crippen LogP contribution in [0, 0.1) is 5.82 Å². The summed E-state index contributed by atoms with van der Waals surface area (Å²) in [7, 11) is 1.60. The van der Waals surface area contributed by atoms with Crippen LogP contribution < -0.4 is 9.47 Å². The first-order valence-corrected chi connectivity index (χ1v) is 10.0. The van der Waals surface area contributed by atoms with Crippen LogP contribution in [-0.4, -0.2) is 27.0 Å². The molecule has 0 aliphatic heterocycles. The first-order valence-electron chi connectivity index (χ1n) is 9.64. The van der Waals surface area contributed by atoms with E-state index in [0.717, 1.165) is 22.2 Å². The third-order valence-corrected chi connectivity index (χ3v) is 5.27. The molecular weight excluding hydrogens is 419 g/mol. The van der Waals surface area contributed by atoms with Crippen molar-refractivity contribution in [2.75, 3.05) is 7.11 Å². The van der Waals surface area contributed by atoms with Crippen molar-refractivity contribution in [1.29, 1.82) is 0 Å². The van der Waals surface area contributed by atoms with Crippen molar-refractivity contribution in [3.8, 4) is 11.5 Å². The molecule has 0 saturated carbocycles. The number of aromatic nitrogens is 4. The Morgan fingerprint density at radius 1 is 1.10 bits per heavy atom. The summed E-state index contributed by atoms with van der Waals surface area (Å²) in [4.78, 5) is 15.0. The van der Waals surface area contributed by atoms with Gasteiger partial charge >= 0.3 is 0 Å². The van der Waals surface area contributed by atoms with Crippen LogP contribution in [0.25, 0.3) is 22.1 Å². The van der Waals surface area contributed by atoms with Crippen molar-refractivity contribution in [2.45, 2.75) is 13.0 Å². The molecule has 2 N–H and O–H groups in total. The summed E-state index contributed by atoms with van der Waals surface area (Å²) in [6.07, 6.45) is 4.25. The van der Waals surface area contributed by atoms with E-state index in [1.54, 1.807) is 19.4 Å². The maximum atomic E-state index is 13.4. The Morgan fingerprint density at radius 3 is 2.87 bits per heavy atom. The Morgan fingerprint density at radius 2 is 2.00 bits per heavy atom. The average molecular weight is 437 g/mol. The number of benzene rings is 2. The van der Waals surface area contributed by atoms with E-state index in [0.29, 0.717) is 39.8 Å². The lowest BCUT2D eigenvalue weighted by atomic mass is 10.0. The van der Waals surface area contributed by atoms with Gasteiger partial charge in [-0.15, -0.1) is 0 Å². The molecule has 0 radical (unpaired) electrons. The fourth-order valence-corrected chi connectivity index (χ4v) is 3.75. The number of ether oxygens (including phenoxy) is 2. The molecule has 3 heterocycles. The monoisotopic (exact) mass is 436 g/mol. The number of nitrogens with one attached hydrogen (secondary N) is 2. The SMILES string of the molecule is COc1cc(Cc2c[nH]c3ncc(Cl)cc23)ccc1OCc1nc2ccc(F)cc2[nH]1. The van der Waals surface area contributed by atoms with Crippen LogP contribution in [0.3, 0.4) is 0 Å². The summed E-state index contributed by atoms with van der Waals surface area (Å²) < 4.78 is 24.8. The molecule has 0 atom stereocenters. The number of fused-ring (bicyclic) bond motifs is 2. The summed E-state index contributed by atoms with van der Waals surface area (Å²) in [6, 6.07) is 12.1. The second kappa shape index (κ2) is 7.92. The zero-order chi connectivity index (χ0) is 21.4. The molecule has 0 fully saturated rings. The number of hydrogen-bond acceptors (Lipinski definition) is 4. The van der Waals surface area contributed by atoms with Crippen LogP contribution in [0.5, 0.6) is 11.5 Å². The number of halogens is 2. The second-order valence-electron chi connectivity index (χ2n) is 7.16. The van der Waals surface area contributed by atoms with Gasteiger partial charge in [0.25, 0.3) is 0 Å². The summed E-state index contributed by atoms with van der Waals surface area (Å²) >= 11 is 6.10. The lowest BCUT2D eigenvalue weighted by Crippen LogP contribution is -2.00. The minimum absolute atomic E-state index is 0.207. The van der Waals surface area contributed by atoms with E-state index in [4.69, 9.17) is 21.1 Å². The van der Waals surface area contributed by atoms with Crippen LogP contribution >= 0.6 is 11.6 Å². The van der Waals surface area contributed by atoms with Crippen LogP contribution in [0.1, 0.15) is 17.0 Å². The van der Waals surface area contributed by atoms with E-state index < -0.39 is 0 Å². The van der Waals surface area contributed by atoms with Crippen LogP contribution in [-0.2, 0) is 13.0 Å². The van der Waals surface area contributed by atoms with Crippen molar-refractivity contribution in [3.63, 3.8) is 0 Å². The Kier molecular flexibility index (Phi) is 4.95. The van der Waals surface area contributed by atoms with Gasteiger partial charge in [0.1, 0.15) is 23.9 Å². The van der Waals surface area contributed by atoms with Gasteiger partial charge in [0.05, 0.1) is 23.2 Å². The smallest absolute Gasteiger partial charge is 0.161 e. The molecule has 0 amide bonds. The summed E-state index contributed by atoms with van der Waals surface area (Å²) in [6.45, 7) is 0.207. The van der Waals surface area contributed by atoms with Gasteiger partial charge < -0.3 is 19.4 Å². The van der Waals surface area contributed by atoms with Crippen molar-refractivity contribution in [2.24, 2.45) is 0 Å². The number of methoxy groups -OCH3 is 1. The van der Waals surface area contributed by atoms with Gasteiger partial charge in [-0.1, -0.05) is 17.7 Å². The Bertz CT molecular complexity index is 1400. The Balaban J connectivity index is 1.34. The first kappa shape index (κ1) is 19.4. The number of rotatable bonds is 6. The van der Waals surface area contributed by atoms with Crippen LogP contribution in [0.15, 0.2) is 54.9 Å². The summed E-state index contributed by atoms with van der Waals surface area (Å²) in [5.41, 5.74) is 4.28. The quantitative estimate of drug-likeness (QED) is 0.373. The standard InChI is InChI=1S/C23H18ClFN4O2/c1-30-21-7-13(6-14-10-26-23-17(14)8-15(24)11-27-23)2-5-20(21)31-12-22-28-18-4-3-16(25)9-19(18)29-22/h2-5,7-11H,6,12H2,1H3,(H,26,27)(H,28,29). The molecule has 2 aromatic carbocycles. The van der Waals surface area contributed by atoms with Crippen molar-refractivity contribution >= 4 is 33.7 Å². The van der Waals surface area contributed by atoms with E-state index in [2.05, 4.69) is 19.9 Å². The lowest BCUT2D eigenvalue weighted by Gasteiger charge is -2.11. The van der Waals surface area contributed by atoms with E-state index in [9.17, 15) is 4.39 Å². The van der Waals surface area contributed by atoms with Gasteiger partial charge in [-0.2, -0.15) is 0 Å². The molecule has 5 aromatic rings. The van der Waals surface area contributed by atoms with E-state index >= 15 is 0 Å². The molecule has 5 rings (SSSR count). The topological polar surface area (TPSA) is 75.8 Å². The maximum absolute atomic E-state index is 13.4. The predicted molar refractivity (Wildman–Crippen MR) is 117 cm³/mol. The highest BCUT2D eigenvalue weighted by molar-refractivity contribution is 6.31. The van der Waals surface area contributed by atoms with Crippen molar-refractivity contribution in [1.82, 2.24) is 19.9 Å². The van der Waals surface area contributed by atoms with Gasteiger partial charge in [0.2, 0.25) is 0 Å². The molecule has 0 aliphatic carbocycles. The average Bonchev–Trinajstić information content (AvgIpc) is 3.35. The van der Waals surface area contributed by atoms with Gasteiger partial charge in [0.15, 0.2) is 11.5 Å². The summed E-state index contributed by atoms with van der Waals surface area (Å²) in [5.74, 6) is 1.52. The molecule has 31 heavy (non-hydrogen) atoms. The van der Waals surface area contributed by atoms with Gasteiger partial charge in [-0.05, 0) is 53.9 Å². The fourth-order valence-electron chi connectivity index (χ4n) is 3.59. The summed E-state index contributed by atoms with van der Waals surface area (Å²) in [5, 5.41) is 1.59. The molecule has 0 bridgehead atoms. The van der Waals surface area contributed by atoms with Gasteiger partial charge in [0, 0.05) is 17.8 Å². The molecule has 8 heteroatoms. The first-order chi connectivity index (χ1) is 15.1. The molecular formula is C23H18ClFN4O2. The van der Waals surface area contributed by atoms with Crippen LogP contribution in [0.2, 0.25) is 5.02 Å². The lowest BCUT2D eigenvalue weighted by molar-refractivity contribution is 0.277. The van der Waals surface area contributed by atoms with Crippen LogP contribution in [0.4, 0.5) is 4.39 Å². The third-order valence-electron chi connectivity index (χ3n) is 5.06. The molecule has 0 spiro atoms. The zero-order valence-corrected chi connectivity index (χ0v) is 17.3.